The van der Waals surface area contributed by atoms with Crippen LogP contribution in [-0.2, 0) is 11.4 Å². The number of carbonyl (C=O) groups is 1. The monoisotopic (exact) mass is 572 g/mol. The van der Waals surface area contributed by atoms with Gasteiger partial charge in [0.05, 0.1) is 4.47 Å². The molecule has 150 valence electrons. The second-order valence-electron chi connectivity index (χ2n) is 6.60. The molecule has 0 saturated carbocycles. The van der Waals surface area contributed by atoms with Crippen LogP contribution >= 0.6 is 38.5 Å². The van der Waals surface area contributed by atoms with E-state index >= 15 is 0 Å². The van der Waals surface area contributed by atoms with Gasteiger partial charge in [0.2, 0.25) is 0 Å². The van der Waals surface area contributed by atoms with Crippen molar-refractivity contribution >= 4 is 56.2 Å². The van der Waals surface area contributed by atoms with Crippen molar-refractivity contribution in [2.24, 2.45) is 0 Å². The number of halogens is 2. The molecule has 0 aromatic heterocycles. The quantitative estimate of drug-likeness (QED) is 0.209. The van der Waals surface area contributed by atoms with Crippen LogP contribution in [0.15, 0.2) is 76.8 Å². The molecule has 0 saturated heterocycles. The Morgan fingerprint density at radius 3 is 2.60 bits per heavy atom. The fourth-order valence-electron chi connectivity index (χ4n) is 2.70. The van der Waals surface area contributed by atoms with Crippen molar-refractivity contribution in [2.75, 3.05) is 5.32 Å². The van der Waals surface area contributed by atoms with Crippen LogP contribution in [0.4, 0.5) is 5.69 Å². The largest absolute Gasteiger partial charge is 0.488 e. The summed E-state index contributed by atoms with van der Waals surface area (Å²) in [5, 5.41) is 12.2. The van der Waals surface area contributed by atoms with E-state index in [9.17, 15) is 10.1 Å². The van der Waals surface area contributed by atoms with Crippen molar-refractivity contribution in [1.29, 1.82) is 5.26 Å². The first-order chi connectivity index (χ1) is 14.4. The molecule has 0 bridgehead atoms. The van der Waals surface area contributed by atoms with Crippen LogP contribution in [0.3, 0.4) is 0 Å². The third kappa shape index (κ3) is 6.18. The first kappa shape index (κ1) is 22.1. The summed E-state index contributed by atoms with van der Waals surface area (Å²) >= 11 is 5.77. The van der Waals surface area contributed by atoms with E-state index in [-0.39, 0.29) is 5.57 Å². The standard InChI is InChI=1S/C24H18BrIN2O2/c1-16-3-2-4-21(11-16)28-24(29)19(14-27)12-18-7-10-23(22(25)13-18)30-15-17-5-8-20(26)9-6-17/h2-13H,15H2,1H3,(H,28,29)/b19-12-. The Labute approximate surface area is 197 Å². The molecule has 0 atom stereocenters. The van der Waals surface area contributed by atoms with Crippen molar-refractivity contribution < 1.29 is 9.53 Å². The number of hydrogen-bond acceptors (Lipinski definition) is 3. The molecule has 3 rings (SSSR count). The SMILES string of the molecule is Cc1cccc(NC(=O)/C(C#N)=C\c2ccc(OCc3ccc(I)cc3)c(Br)c2)c1. The first-order valence-corrected chi connectivity index (χ1v) is 11.0. The summed E-state index contributed by atoms with van der Waals surface area (Å²) in [4.78, 5) is 12.5. The minimum absolute atomic E-state index is 0.0240. The van der Waals surface area contributed by atoms with Crippen LogP contribution in [0.25, 0.3) is 6.08 Å². The van der Waals surface area contributed by atoms with Crippen LogP contribution in [0.2, 0.25) is 0 Å². The molecule has 3 aromatic rings. The summed E-state index contributed by atoms with van der Waals surface area (Å²) in [6.45, 7) is 2.39. The smallest absolute Gasteiger partial charge is 0.266 e. The fourth-order valence-corrected chi connectivity index (χ4v) is 3.57. The number of anilines is 1. The van der Waals surface area contributed by atoms with Gasteiger partial charge in [-0.2, -0.15) is 5.26 Å². The minimum atomic E-state index is -0.446. The predicted octanol–water partition coefficient (Wildman–Crippen LogP) is 6.49. The predicted molar refractivity (Wildman–Crippen MR) is 131 cm³/mol. The van der Waals surface area contributed by atoms with E-state index in [4.69, 9.17) is 4.74 Å². The molecular weight excluding hydrogens is 555 g/mol. The number of benzene rings is 3. The van der Waals surface area contributed by atoms with Crippen molar-refractivity contribution in [1.82, 2.24) is 0 Å². The molecule has 0 aliphatic rings. The molecule has 0 heterocycles. The zero-order valence-electron chi connectivity index (χ0n) is 16.2. The van der Waals surface area contributed by atoms with Crippen molar-refractivity contribution in [3.05, 3.63) is 97.0 Å². The number of hydrogen-bond donors (Lipinski definition) is 1. The number of ether oxygens (including phenoxy) is 1. The van der Waals surface area contributed by atoms with E-state index in [0.717, 1.165) is 21.2 Å². The van der Waals surface area contributed by atoms with Gasteiger partial charge in [0, 0.05) is 9.26 Å². The zero-order valence-corrected chi connectivity index (χ0v) is 19.9. The van der Waals surface area contributed by atoms with Crippen molar-refractivity contribution in [3.8, 4) is 11.8 Å². The van der Waals surface area contributed by atoms with E-state index < -0.39 is 5.91 Å². The normalized spacial score (nSPS) is 10.9. The Morgan fingerprint density at radius 1 is 1.17 bits per heavy atom. The van der Waals surface area contributed by atoms with E-state index in [0.29, 0.717) is 18.0 Å². The summed E-state index contributed by atoms with van der Waals surface area (Å²) in [6.07, 6.45) is 1.55. The van der Waals surface area contributed by atoms with E-state index in [1.165, 1.54) is 3.57 Å². The molecule has 0 radical (unpaired) electrons. The van der Waals surface area contributed by atoms with Gasteiger partial charge in [-0.1, -0.05) is 30.3 Å². The summed E-state index contributed by atoms with van der Waals surface area (Å²) in [6, 6.07) is 23.0. The molecule has 6 heteroatoms. The van der Waals surface area contributed by atoms with E-state index in [1.807, 2.05) is 73.7 Å². The van der Waals surface area contributed by atoms with Gasteiger partial charge in [0.25, 0.3) is 5.91 Å². The summed E-state index contributed by atoms with van der Waals surface area (Å²) < 4.78 is 7.80. The van der Waals surface area contributed by atoms with Crippen LogP contribution in [0, 0.1) is 21.8 Å². The lowest BCUT2D eigenvalue weighted by Gasteiger charge is -2.09. The molecule has 0 aliphatic carbocycles. The Hall–Kier alpha value is -2.63. The maximum absolute atomic E-state index is 12.5. The maximum atomic E-state index is 12.5. The van der Waals surface area contributed by atoms with Crippen LogP contribution in [-0.4, -0.2) is 5.91 Å². The van der Waals surface area contributed by atoms with Crippen LogP contribution in [0.1, 0.15) is 16.7 Å². The summed E-state index contributed by atoms with van der Waals surface area (Å²) in [7, 11) is 0. The van der Waals surface area contributed by atoms with Crippen LogP contribution < -0.4 is 10.1 Å². The van der Waals surface area contributed by atoms with Gasteiger partial charge in [-0.3, -0.25) is 4.79 Å². The Bertz CT molecular complexity index is 1130. The highest BCUT2D eigenvalue weighted by Crippen LogP contribution is 2.28. The summed E-state index contributed by atoms with van der Waals surface area (Å²) in [5.41, 5.74) is 3.50. The number of nitrogens with zero attached hydrogens (tertiary/aromatic N) is 1. The average Bonchev–Trinajstić information content (AvgIpc) is 2.72. The number of rotatable bonds is 6. The number of carbonyl (C=O) groups excluding carboxylic acids is 1. The highest BCUT2D eigenvalue weighted by molar-refractivity contribution is 14.1. The fraction of sp³-hybridized carbons (Fsp3) is 0.0833. The molecule has 0 unspecified atom stereocenters. The third-order valence-electron chi connectivity index (χ3n) is 4.22. The van der Waals surface area contributed by atoms with E-state index in [1.54, 1.807) is 12.1 Å². The number of nitrogens with one attached hydrogen (secondary N) is 1. The lowest BCUT2D eigenvalue weighted by atomic mass is 10.1. The maximum Gasteiger partial charge on any atom is 0.266 e. The molecule has 1 amide bonds. The van der Waals surface area contributed by atoms with Crippen molar-refractivity contribution in [2.45, 2.75) is 13.5 Å². The minimum Gasteiger partial charge on any atom is -0.488 e. The number of amides is 1. The van der Waals surface area contributed by atoms with Crippen LogP contribution in [0.5, 0.6) is 5.75 Å². The Balaban J connectivity index is 1.70. The number of aryl methyl sites for hydroxylation is 1. The van der Waals surface area contributed by atoms with Gasteiger partial charge in [-0.25, -0.2) is 0 Å². The topological polar surface area (TPSA) is 62.1 Å². The lowest BCUT2D eigenvalue weighted by molar-refractivity contribution is -0.112. The molecule has 3 aromatic carbocycles. The van der Waals surface area contributed by atoms with Gasteiger partial charge in [0.1, 0.15) is 24.0 Å². The van der Waals surface area contributed by atoms with Gasteiger partial charge in [-0.15, -0.1) is 0 Å². The molecule has 0 aliphatic heterocycles. The molecule has 0 spiro atoms. The summed E-state index contributed by atoms with van der Waals surface area (Å²) in [5.74, 6) is 0.242. The third-order valence-corrected chi connectivity index (χ3v) is 5.55. The highest BCUT2D eigenvalue weighted by Gasteiger charge is 2.11. The van der Waals surface area contributed by atoms with Gasteiger partial charge < -0.3 is 10.1 Å². The molecule has 0 fully saturated rings. The second-order valence-corrected chi connectivity index (χ2v) is 8.70. The van der Waals surface area contributed by atoms with Gasteiger partial charge in [0.15, 0.2) is 0 Å². The average molecular weight is 573 g/mol. The molecule has 1 N–H and O–H groups in total. The second kappa shape index (κ2) is 10.4. The zero-order chi connectivity index (χ0) is 21.5. The molecule has 4 nitrogen and oxygen atoms in total. The van der Waals surface area contributed by atoms with Gasteiger partial charge in [-0.05, 0) is 105 Å². The lowest BCUT2D eigenvalue weighted by Crippen LogP contribution is -2.13. The van der Waals surface area contributed by atoms with E-state index in [2.05, 4.69) is 43.8 Å². The Kier molecular flexibility index (Phi) is 7.66. The first-order valence-electron chi connectivity index (χ1n) is 9.11. The number of nitriles is 1. The van der Waals surface area contributed by atoms with Gasteiger partial charge >= 0.3 is 0 Å². The molecule has 30 heavy (non-hydrogen) atoms. The van der Waals surface area contributed by atoms with Crippen molar-refractivity contribution in [3.63, 3.8) is 0 Å². The molecular formula is C24H18BrIN2O2. The Morgan fingerprint density at radius 2 is 1.93 bits per heavy atom. The highest BCUT2D eigenvalue weighted by atomic mass is 127.